The normalized spacial score (nSPS) is 15.9. The zero-order valence-electron chi connectivity index (χ0n) is 3.64. The first-order valence-electron chi connectivity index (χ1n) is 1.62. The molecule has 0 aromatic rings. The summed E-state index contributed by atoms with van der Waals surface area (Å²) in [5.41, 5.74) is -1.91. The van der Waals surface area contributed by atoms with Gasteiger partial charge in [0.25, 0.3) is 0 Å². The molecular formula is C2H3Cl2FO2S. The van der Waals surface area contributed by atoms with Gasteiger partial charge in [0.1, 0.15) is 5.75 Å². The van der Waals surface area contributed by atoms with E-state index in [4.69, 9.17) is 0 Å². The number of hydrogen-bond acceptors (Lipinski definition) is 2. The predicted octanol–water partition coefficient (Wildman–Crippen LogP) is 1.09. The van der Waals surface area contributed by atoms with Crippen LogP contribution in [0.25, 0.3) is 0 Å². The molecule has 0 aliphatic carbocycles. The molecule has 0 heterocycles. The minimum Gasteiger partial charge on any atom is -0.229 e. The highest BCUT2D eigenvalue weighted by Crippen LogP contribution is 2.05. The fraction of sp³-hybridized carbons (Fsp3) is 1.00. The van der Waals surface area contributed by atoms with Gasteiger partial charge in [-0.15, -0.1) is 0 Å². The molecule has 0 saturated carbocycles. The van der Waals surface area contributed by atoms with Gasteiger partial charge in [0.2, 0.25) is 9.05 Å². The molecule has 0 radical (unpaired) electrons. The van der Waals surface area contributed by atoms with Crippen LogP contribution in [0.4, 0.5) is 4.39 Å². The summed E-state index contributed by atoms with van der Waals surface area (Å²) in [7, 11) is 0.818. The largest absolute Gasteiger partial charge is 0.236 e. The summed E-state index contributed by atoms with van der Waals surface area (Å²) >= 11 is 4.63. The minimum absolute atomic E-state index is 0.837. The molecule has 8 heavy (non-hydrogen) atoms. The Bertz CT molecular complexity index is 151. The van der Waals surface area contributed by atoms with Gasteiger partial charge in [0.05, 0.1) is 0 Å². The number of halogens is 3. The Labute approximate surface area is 56.0 Å². The topological polar surface area (TPSA) is 34.1 Å². The molecule has 50 valence electrons. The van der Waals surface area contributed by atoms with E-state index in [1.54, 1.807) is 0 Å². The van der Waals surface area contributed by atoms with Crippen LogP contribution in [-0.2, 0) is 9.05 Å². The summed E-state index contributed by atoms with van der Waals surface area (Å²) in [4.78, 5) is 0. The van der Waals surface area contributed by atoms with E-state index in [1.807, 2.05) is 0 Å². The van der Waals surface area contributed by atoms with Crippen molar-refractivity contribution in [1.29, 1.82) is 0 Å². The lowest BCUT2D eigenvalue weighted by atomic mass is 10.9. The Hall–Kier alpha value is 0.460. The van der Waals surface area contributed by atoms with Gasteiger partial charge in [-0.05, 0) is 0 Å². The second-order valence-electron chi connectivity index (χ2n) is 1.10. The highest BCUT2D eigenvalue weighted by Gasteiger charge is 2.11. The van der Waals surface area contributed by atoms with Crippen LogP contribution in [0.3, 0.4) is 0 Å². The SMILES string of the molecule is O=S(=O)(Cl)CC(F)Cl. The van der Waals surface area contributed by atoms with Crippen LogP contribution in [-0.4, -0.2) is 19.8 Å². The maximum atomic E-state index is 11.5. The highest BCUT2D eigenvalue weighted by molar-refractivity contribution is 8.13. The first-order valence-corrected chi connectivity index (χ1v) is 4.54. The summed E-state index contributed by atoms with van der Waals surface area (Å²) in [6.07, 6.45) is 0. The van der Waals surface area contributed by atoms with E-state index >= 15 is 0 Å². The number of hydrogen-bond donors (Lipinski definition) is 0. The maximum Gasteiger partial charge on any atom is 0.236 e. The Morgan fingerprint density at radius 1 is 1.62 bits per heavy atom. The molecule has 0 amide bonds. The van der Waals surface area contributed by atoms with E-state index in [1.165, 1.54) is 0 Å². The maximum absolute atomic E-state index is 11.5. The quantitative estimate of drug-likeness (QED) is 0.472. The van der Waals surface area contributed by atoms with Crippen LogP contribution < -0.4 is 0 Å². The minimum atomic E-state index is -3.76. The van der Waals surface area contributed by atoms with Crippen molar-refractivity contribution in [2.45, 2.75) is 5.63 Å². The molecule has 6 heteroatoms. The lowest BCUT2D eigenvalue weighted by Crippen LogP contribution is -2.05. The van der Waals surface area contributed by atoms with Crippen molar-refractivity contribution in [1.82, 2.24) is 0 Å². The van der Waals surface area contributed by atoms with Crippen molar-refractivity contribution >= 4 is 31.3 Å². The van der Waals surface area contributed by atoms with Crippen LogP contribution in [0.2, 0.25) is 0 Å². The molecule has 0 aliphatic heterocycles. The van der Waals surface area contributed by atoms with Gasteiger partial charge in [0.15, 0.2) is 5.63 Å². The van der Waals surface area contributed by atoms with E-state index < -0.39 is 20.4 Å². The van der Waals surface area contributed by atoms with Crippen molar-refractivity contribution in [2.75, 3.05) is 5.75 Å². The van der Waals surface area contributed by atoms with Gasteiger partial charge < -0.3 is 0 Å². The van der Waals surface area contributed by atoms with Crippen LogP contribution >= 0.6 is 22.3 Å². The third-order valence-corrected chi connectivity index (χ3v) is 1.73. The third kappa shape index (κ3) is 6.46. The van der Waals surface area contributed by atoms with Crippen molar-refractivity contribution in [3.8, 4) is 0 Å². The summed E-state index contributed by atoms with van der Waals surface area (Å²) in [5, 5.41) is 0. The van der Waals surface area contributed by atoms with Crippen molar-refractivity contribution in [3.63, 3.8) is 0 Å². The van der Waals surface area contributed by atoms with Crippen molar-refractivity contribution in [3.05, 3.63) is 0 Å². The van der Waals surface area contributed by atoms with Crippen LogP contribution in [0.5, 0.6) is 0 Å². The average molecular weight is 181 g/mol. The second kappa shape index (κ2) is 2.85. The zero-order chi connectivity index (χ0) is 6.78. The highest BCUT2D eigenvalue weighted by atomic mass is 35.7. The molecule has 0 fully saturated rings. The monoisotopic (exact) mass is 180 g/mol. The Kier molecular flexibility index (Phi) is 3.01. The lowest BCUT2D eigenvalue weighted by molar-refractivity contribution is 0.473. The van der Waals surface area contributed by atoms with Gasteiger partial charge in [-0.1, -0.05) is 11.6 Å². The Morgan fingerprint density at radius 2 is 2.00 bits per heavy atom. The zero-order valence-corrected chi connectivity index (χ0v) is 5.97. The fourth-order valence-electron chi connectivity index (χ4n) is 0.150. The molecule has 0 rings (SSSR count). The molecule has 0 aromatic carbocycles. The summed E-state index contributed by atoms with van der Waals surface area (Å²) in [6, 6.07) is 0. The number of rotatable bonds is 2. The van der Waals surface area contributed by atoms with Crippen LogP contribution in [0.1, 0.15) is 0 Å². The summed E-state index contributed by atoms with van der Waals surface area (Å²) in [5.74, 6) is -0.837. The first-order chi connectivity index (χ1) is 3.42. The van der Waals surface area contributed by atoms with Gasteiger partial charge in [-0.2, -0.15) is 0 Å². The molecule has 0 bridgehead atoms. The van der Waals surface area contributed by atoms with E-state index in [0.717, 1.165) is 0 Å². The van der Waals surface area contributed by atoms with Gasteiger partial charge in [-0.3, -0.25) is 0 Å². The molecule has 0 saturated heterocycles. The molecule has 1 atom stereocenters. The molecule has 0 aliphatic rings. The Balaban J connectivity index is 3.75. The molecular weight excluding hydrogens is 178 g/mol. The van der Waals surface area contributed by atoms with Gasteiger partial charge >= 0.3 is 0 Å². The van der Waals surface area contributed by atoms with E-state index in [0.29, 0.717) is 0 Å². The predicted molar refractivity (Wildman–Crippen MR) is 30.4 cm³/mol. The molecule has 0 N–H and O–H groups in total. The standard InChI is InChI=1S/C2H3Cl2FO2S/c3-2(5)1-8(4,6)7/h2H,1H2. The average Bonchev–Trinajstić information content (AvgIpc) is 1.21. The summed E-state index contributed by atoms with van der Waals surface area (Å²) < 4.78 is 31.3. The molecule has 0 spiro atoms. The van der Waals surface area contributed by atoms with Crippen molar-refractivity contribution < 1.29 is 12.8 Å². The van der Waals surface area contributed by atoms with E-state index in [2.05, 4.69) is 22.3 Å². The fourth-order valence-corrected chi connectivity index (χ4v) is 1.47. The van der Waals surface area contributed by atoms with E-state index in [9.17, 15) is 12.8 Å². The first kappa shape index (κ1) is 8.46. The Morgan fingerprint density at radius 3 is 2.00 bits per heavy atom. The van der Waals surface area contributed by atoms with Crippen LogP contribution in [0, 0.1) is 0 Å². The van der Waals surface area contributed by atoms with E-state index in [-0.39, 0.29) is 0 Å². The van der Waals surface area contributed by atoms with Gasteiger partial charge in [0, 0.05) is 10.7 Å². The molecule has 0 aromatic heterocycles. The summed E-state index contributed by atoms with van der Waals surface area (Å²) in [6.45, 7) is 0. The lowest BCUT2D eigenvalue weighted by Gasteiger charge is -1.91. The van der Waals surface area contributed by atoms with Gasteiger partial charge in [-0.25, -0.2) is 12.8 Å². The third-order valence-electron chi connectivity index (χ3n) is 0.325. The molecule has 1 unspecified atom stereocenters. The smallest absolute Gasteiger partial charge is 0.229 e. The molecule has 2 nitrogen and oxygen atoms in total. The van der Waals surface area contributed by atoms with Crippen LogP contribution in [0.15, 0.2) is 0 Å². The second-order valence-corrected chi connectivity index (χ2v) is 4.39. The number of alkyl halides is 2. The van der Waals surface area contributed by atoms with Crippen molar-refractivity contribution in [2.24, 2.45) is 0 Å².